The van der Waals surface area contributed by atoms with Gasteiger partial charge in [0.15, 0.2) is 5.69 Å². The second-order valence-corrected chi connectivity index (χ2v) is 5.62. The second-order valence-electron chi connectivity index (χ2n) is 5.62. The second kappa shape index (κ2) is 5.50. The number of aromatic nitrogens is 3. The van der Waals surface area contributed by atoms with Gasteiger partial charge >= 0.3 is 5.97 Å². The number of carboxylic acid groups (broad SMARTS) is 1. The number of aromatic carboxylic acids is 1. The van der Waals surface area contributed by atoms with Crippen LogP contribution in [-0.4, -0.2) is 26.1 Å². The zero-order valence-electron chi connectivity index (χ0n) is 11.1. The van der Waals surface area contributed by atoms with Gasteiger partial charge in [0.25, 0.3) is 0 Å². The summed E-state index contributed by atoms with van der Waals surface area (Å²) < 4.78 is 1.82. The normalized spacial score (nSPS) is 16.6. The van der Waals surface area contributed by atoms with Crippen LogP contribution < -0.4 is 0 Å². The fourth-order valence-electron chi connectivity index (χ4n) is 2.67. The Labute approximate surface area is 107 Å². The first-order chi connectivity index (χ1) is 8.58. The van der Waals surface area contributed by atoms with Crippen LogP contribution in [0.15, 0.2) is 0 Å². The van der Waals surface area contributed by atoms with Crippen LogP contribution in [0.4, 0.5) is 0 Å². The molecule has 1 saturated carbocycles. The summed E-state index contributed by atoms with van der Waals surface area (Å²) in [5.41, 5.74) is 0.908. The topological polar surface area (TPSA) is 68.0 Å². The van der Waals surface area contributed by atoms with E-state index in [0.717, 1.165) is 18.7 Å². The molecule has 18 heavy (non-hydrogen) atoms. The lowest BCUT2D eigenvalue weighted by Crippen LogP contribution is -2.15. The molecule has 1 aromatic rings. The number of carbonyl (C=O) groups is 1. The molecule has 0 atom stereocenters. The maximum Gasteiger partial charge on any atom is 0.358 e. The summed E-state index contributed by atoms with van der Waals surface area (Å²) >= 11 is 0. The van der Waals surface area contributed by atoms with Gasteiger partial charge in [-0.15, -0.1) is 5.10 Å². The van der Waals surface area contributed by atoms with Crippen molar-refractivity contribution < 1.29 is 9.90 Å². The Morgan fingerprint density at radius 1 is 1.44 bits per heavy atom. The van der Waals surface area contributed by atoms with Crippen molar-refractivity contribution in [3.8, 4) is 0 Å². The third-order valence-corrected chi connectivity index (χ3v) is 3.55. The quantitative estimate of drug-likeness (QED) is 0.872. The Morgan fingerprint density at radius 2 is 2.11 bits per heavy atom. The van der Waals surface area contributed by atoms with Gasteiger partial charge in [0.05, 0.1) is 5.69 Å². The zero-order chi connectivity index (χ0) is 13.1. The highest BCUT2D eigenvalue weighted by molar-refractivity contribution is 5.86. The first-order valence-corrected chi connectivity index (χ1v) is 6.73. The minimum Gasteiger partial charge on any atom is -0.476 e. The predicted octanol–water partition coefficient (Wildman–Crippen LogP) is 2.37. The average molecular weight is 251 g/mol. The summed E-state index contributed by atoms with van der Waals surface area (Å²) in [5.74, 6) is 0.0755. The van der Waals surface area contributed by atoms with E-state index in [1.165, 1.54) is 25.7 Å². The molecule has 0 radical (unpaired) electrons. The van der Waals surface area contributed by atoms with Crippen LogP contribution in [0.5, 0.6) is 0 Å². The first-order valence-electron chi connectivity index (χ1n) is 6.73. The molecule has 5 nitrogen and oxygen atoms in total. The van der Waals surface area contributed by atoms with Crippen molar-refractivity contribution >= 4 is 5.97 Å². The van der Waals surface area contributed by atoms with E-state index in [-0.39, 0.29) is 5.69 Å². The summed E-state index contributed by atoms with van der Waals surface area (Å²) in [7, 11) is 0. The summed E-state index contributed by atoms with van der Waals surface area (Å²) in [6, 6.07) is 0. The molecule has 1 aliphatic carbocycles. The zero-order valence-corrected chi connectivity index (χ0v) is 11.1. The Kier molecular flexibility index (Phi) is 3.99. The Balaban J connectivity index is 2.19. The fraction of sp³-hybridized carbons (Fsp3) is 0.769. The molecule has 0 aromatic carbocycles. The molecule has 1 aliphatic rings. The number of hydrogen-bond donors (Lipinski definition) is 1. The Bertz CT molecular complexity index is 420. The van der Waals surface area contributed by atoms with Crippen molar-refractivity contribution in [3.05, 3.63) is 11.4 Å². The first kappa shape index (κ1) is 13.1. The van der Waals surface area contributed by atoms with Crippen molar-refractivity contribution in [2.75, 3.05) is 0 Å². The van der Waals surface area contributed by atoms with Gasteiger partial charge < -0.3 is 5.11 Å². The van der Waals surface area contributed by atoms with E-state index in [1.807, 2.05) is 4.68 Å². The smallest absolute Gasteiger partial charge is 0.358 e. The van der Waals surface area contributed by atoms with Gasteiger partial charge in [0.1, 0.15) is 0 Å². The summed E-state index contributed by atoms with van der Waals surface area (Å²) in [5, 5.41) is 17.0. The van der Waals surface area contributed by atoms with Crippen LogP contribution in [0.25, 0.3) is 0 Å². The van der Waals surface area contributed by atoms with Gasteiger partial charge in [0.2, 0.25) is 0 Å². The van der Waals surface area contributed by atoms with E-state index < -0.39 is 5.97 Å². The number of nitrogens with zero attached hydrogens (tertiary/aromatic N) is 3. The molecule has 0 spiro atoms. The lowest BCUT2D eigenvalue weighted by molar-refractivity contribution is 0.0689. The van der Waals surface area contributed by atoms with Crippen LogP contribution in [0, 0.1) is 11.8 Å². The Hall–Kier alpha value is -1.39. The highest BCUT2D eigenvalue weighted by Crippen LogP contribution is 2.26. The van der Waals surface area contributed by atoms with Crippen molar-refractivity contribution in [3.63, 3.8) is 0 Å². The van der Waals surface area contributed by atoms with Crippen LogP contribution in [0.2, 0.25) is 0 Å². The van der Waals surface area contributed by atoms with Crippen molar-refractivity contribution in [2.24, 2.45) is 11.8 Å². The van der Waals surface area contributed by atoms with Crippen molar-refractivity contribution in [1.29, 1.82) is 0 Å². The molecular weight excluding hydrogens is 230 g/mol. The van der Waals surface area contributed by atoms with E-state index in [1.54, 1.807) is 0 Å². The van der Waals surface area contributed by atoms with Gasteiger partial charge in [-0.1, -0.05) is 31.9 Å². The maximum absolute atomic E-state index is 11.1. The highest BCUT2D eigenvalue weighted by atomic mass is 16.4. The largest absolute Gasteiger partial charge is 0.476 e. The molecule has 2 rings (SSSR count). The predicted molar refractivity (Wildman–Crippen MR) is 67.5 cm³/mol. The molecule has 1 fully saturated rings. The number of carboxylic acids is 1. The lowest BCUT2D eigenvalue weighted by atomic mass is 10.0. The van der Waals surface area contributed by atoms with Gasteiger partial charge in [-0.2, -0.15) is 0 Å². The monoisotopic (exact) mass is 251 g/mol. The van der Waals surface area contributed by atoms with Gasteiger partial charge in [-0.3, -0.25) is 0 Å². The molecule has 100 valence electrons. The summed E-state index contributed by atoms with van der Waals surface area (Å²) in [6.45, 7) is 4.99. The number of rotatable bonds is 5. The van der Waals surface area contributed by atoms with Gasteiger partial charge in [-0.25, -0.2) is 9.48 Å². The molecule has 5 heteroatoms. The lowest BCUT2D eigenvalue weighted by Gasteiger charge is -2.13. The minimum atomic E-state index is -0.969. The minimum absolute atomic E-state index is 0.127. The highest BCUT2D eigenvalue weighted by Gasteiger charge is 2.23. The molecule has 1 heterocycles. The Morgan fingerprint density at radius 3 is 2.67 bits per heavy atom. The maximum atomic E-state index is 11.1. The molecule has 1 aromatic heterocycles. The van der Waals surface area contributed by atoms with Gasteiger partial charge in [-0.05, 0) is 31.1 Å². The van der Waals surface area contributed by atoms with E-state index >= 15 is 0 Å². The standard InChI is InChI=1S/C13H21N3O2/c1-9(2)7-11-12(13(17)18)14-15-16(11)8-10-5-3-4-6-10/h9-10H,3-8H2,1-2H3,(H,17,18). The third kappa shape index (κ3) is 2.89. The van der Waals surface area contributed by atoms with Crippen LogP contribution in [-0.2, 0) is 13.0 Å². The molecule has 0 saturated heterocycles. The molecule has 0 bridgehead atoms. The molecule has 0 unspecified atom stereocenters. The molecule has 0 aliphatic heterocycles. The van der Waals surface area contributed by atoms with Crippen LogP contribution in [0.1, 0.15) is 55.7 Å². The van der Waals surface area contributed by atoms with E-state index in [9.17, 15) is 4.79 Å². The SMILES string of the molecule is CC(C)Cc1c(C(=O)O)nnn1CC1CCCC1. The van der Waals surface area contributed by atoms with E-state index in [0.29, 0.717) is 11.8 Å². The van der Waals surface area contributed by atoms with Gasteiger partial charge in [0, 0.05) is 6.54 Å². The number of hydrogen-bond acceptors (Lipinski definition) is 3. The average Bonchev–Trinajstić information content (AvgIpc) is 2.89. The molecular formula is C13H21N3O2. The summed E-state index contributed by atoms with van der Waals surface area (Å²) in [6.07, 6.45) is 5.74. The molecule has 1 N–H and O–H groups in total. The van der Waals surface area contributed by atoms with Crippen molar-refractivity contribution in [1.82, 2.24) is 15.0 Å². The van der Waals surface area contributed by atoms with Crippen LogP contribution >= 0.6 is 0 Å². The third-order valence-electron chi connectivity index (χ3n) is 3.55. The van der Waals surface area contributed by atoms with E-state index in [2.05, 4.69) is 24.2 Å². The summed E-state index contributed by atoms with van der Waals surface area (Å²) in [4.78, 5) is 11.1. The van der Waals surface area contributed by atoms with Crippen molar-refractivity contribution in [2.45, 2.75) is 52.5 Å². The van der Waals surface area contributed by atoms with E-state index in [4.69, 9.17) is 5.11 Å². The van der Waals surface area contributed by atoms with Crippen LogP contribution in [0.3, 0.4) is 0 Å². The fourth-order valence-corrected chi connectivity index (χ4v) is 2.67. The molecule has 0 amide bonds.